The van der Waals surface area contributed by atoms with Crippen molar-refractivity contribution < 1.29 is 14.3 Å². The zero-order chi connectivity index (χ0) is 18.0. The van der Waals surface area contributed by atoms with Crippen LogP contribution in [0.5, 0.6) is 0 Å². The SMILES string of the molecule is CC(=N)c1c(C(=O)O)cc(-c2ccco2)nc1Nc1cccc(Cl)c1. The minimum absolute atomic E-state index is 0.0292. The maximum atomic E-state index is 11.7. The summed E-state index contributed by atoms with van der Waals surface area (Å²) in [5.41, 5.74) is 1.26. The van der Waals surface area contributed by atoms with Crippen LogP contribution in [0.25, 0.3) is 11.5 Å². The third-order valence-electron chi connectivity index (χ3n) is 3.49. The number of aromatic nitrogens is 1. The molecule has 0 bridgehead atoms. The number of aromatic carboxylic acids is 1. The van der Waals surface area contributed by atoms with Crippen LogP contribution in [-0.2, 0) is 0 Å². The van der Waals surface area contributed by atoms with Crippen LogP contribution in [0.15, 0.2) is 53.1 Å². The average Bonchev–Trinajstić information content (AvgIpc) is 3.08. The Morgan fingerprint density at radius 3 is 2.68 bits per heavy atom. The van der Waals surface area contributed by atoms with E-state index >= 15 is 0 Å². The smallest absolute Gasteiger partial charge is 0.336 e. The lowest BCUT2D eigenvalue weighted by molar-refractivity contribution is 0.0696. The molecular weight excluding hydrogens is 342 g/mol. The summed E-state index contributed by atoms with van der Waals surface area (Å²) in [6.07, 6.45) is 1.48. The van der Waals surface area contributed by atoms with Crippen LogP contribution in [0.2, 0.25) is 5.02 Å². The first-order valence-electron chi connectivity index (χ1n) is 7.36. The van der Waals surface area contributed by atoms with Crippen molar-refractivity contribution in [2.75, 3.05) is 5.32 Å². The van der Waals surface area contributed by atoms with Gasteiger partial charge in [-0.25, -0.2) is 9.78 Å². The fourth-order valence-electron chi connectivity index (χ4n) is 2.44. The molecule has 3 rings (SSSR count). The fourth-order valence-corrected chi connectivity index (χ4v) is 2.63. The first-order chi connectivity index (χ1) is 12.0. The molecule has 0 unspecified atom stereocenters. The number of nitrogens with one attached hydrogen (secondary N) is 2. The Kier molecular flexibility index (Phi) is 4.54. The van der Waals surface area contributed by atoms with E-state index in [2.05, 4.69) is 10.3 Å². The van der Waals surface area contributed by atoms with Crippen molar-refractivity contribution in [3.05, 3.63) is 64.9 Å². The fraction of sp³-hybridized carbons (Fsp3) is 0.0556. The van der Waals surface area contributed by atoms with Crippen molar-refractivity contribution in [1.29, 1.82) is 5.41 Å². The predicted octanol–water partition coefficient (Wildman–Crippen LogP) is 4.82. The summed E-state index contributed by atoms with van der Waals surface area (Å²) >= 11 is 6.00. The van der Waals surface area contributed by atoms with Crippen molar-refractivity contribution >= 4 is 34.8 Å². The van der Waals surface area contributed by atoms with Crippen molar-refractivity contribution in [2.45, 2.75) is 6.92 Å². The molecule has 2 heterocycles. The number of carboxylic acids is 1. The number of anilines is 2. The van der Waals surface area contributed by atoms with Gasteiger partial charge in [-0.05, 0) is 43.3 Å². The van der Waals surface area contributed by atoms with Crippen molar-refractivity contribution in [3.8, 4) is 11.5 Å². The van der Waals surface area contributed by atoms with Gasteiger partial charge in [0.25, 0.3) is 0 Å². The number of hydrogen-bond acceptors (Lipinski definition) is 5. The molecular formula is C18H14ClN3O3. The lowest BCUT2D eigenvalue weighted by atomic mass is 10.0. The van der Waals surface area contributed by atoms with Crippen LogP contribution in [0, 0.1) is 5.41 Å². The van der Waals surface area contributed by atoms with Crippen LogP contribution in [0.3, 0.4) is 0 Å². The number of benzene rings is 1. The standard InChI is InChI=1S/C18H14ClN3O3/c1-10(20)16-13(18(23)24)9-14(15-6-3-7-25-15)22-17(16)21-12-5-2-4-11(19)8-12/h2-9,20H,1H3,(H,21,22)(H,23,24). The Labute approximate surface area is 148 Å². The van der Waals surface area contributed by atoms with E-state index < -0.39 is 5.97 Å². The van der Waals surface area contributed by atoms with E-state index in [1.165, 1.54) is 19.3 Å². The summed E-state index contributed by atoms with van der Waals surface area (Å²) in [5.74, 6) is -0.460. The number of nitrogens with zero attached hydrogens (tertiary/aromatic N) is 1. The molecule has 3 N–H and O–H groups in total. The van der Waals surface area contributed by atoms with Gasteiger partial charge in [-0.1, -0.05) is 17.7 Å². The monoisotopic (exact) mass is 355 g/mol. The van der Waals surface area contributed by atoms with Gasteiger partial charge in [-0.15, -0.1) is 0 Å². The molecule has 0 radical (unpaired) electrons. The van der Waals surface area contributed by atoms with E-state index in [1.807, 2.05) is 0 Å². The second-order valence-corrected chi connectivity index (χ2v) is 5.76. The summed E-state index contributed by atoms with van der Waals surface area (Å²) in [6.45, 7) is 1.51. The molecule has 0 aliphatic rings. The largest absolute Gasteiger partial charge is 0.478 e. The Balaban J connectivity index is 2.19. The van der Waals surface area contributed by atoms with Crippen molar-refractivity contribution in [1.82, 2.24) is 4.98 Å². The topological polar surface area (TPSA) is 99.2 Å². The summed E-state index contributed by atoms with van der Waals surface area (Å²) in [4.78, 5) is 16.2. The molecule has 0 atom stereocenters. The van der Waals surface area contributed by atoms with E-state index in [0.29, 0.717) is 22.2 Å². The number of carbonyl (C=O) groups is 1. The van der Waals surface area contributed by atoms with Crippen LogP contribution in [-0.4, -0.2) is 21.8 Å². The summed E-state index contributed by atoms with van der Waals surface area (Å²) in [6, 6.07) is 11.7. The van der Waals surface area contributed by atoms with E-state index in [9.17, 15) is 9.90 Å². The molecule has 0 saturated carbocycles. The molecule has 0 aliphatic carbocycles. The van der Waals surface area contributed by atoms with Crippen LogP contribution >= 0.6 is 11.6 Å². The molecule has 126 valence electrons. The van der Waals surface area contributed by atoms with Crippen LogP contribution < -0.4 is 5.32 Å². The number of rotatable bonds is 5. The number of carboxylic acid groups (broad SMARTS) is 1. The Morgan fingerprint density at radius 2 is 2.08 bits per heavy atom. The molecule has 6 nitrogen and oxygen atoms in total. The molecule has 0 saturated heterocycles. The summed E-state index contributed by atoms with van der Waals surface area (Å²) in [5, 5.41) is 21.1. The minimum Gasteiger partial charge on any atom is -0.478 e. The minimum atomic E-state index is -1.15. The zero-order valence-corrected chi connectivity index (χ0v) is 14.0. The highest BCUT2D eigenvalue weighted by atomic mass is 35.5. The maximum absolute atomic E-state index is 11.7. The summed E-state index contributed by atoms with van der Waals surface area (Å²) < 4.78 is 5.32. The highest BCUT2D eigenvalue weighted by Crippen LogP contribution is 2.29. The van der Waals surface area contributed by atoms with Gasteiger partial charge in [-0.3, -0.25) is 0 Å². The average molecular weight is 356 g/mol. The highest BCUT2D eigenvalue weighted by molar-refractivity contribution is 6.30. The first-order valence-corrected chi connectivity index (χ1v) is 7.74. The number of hydrogen-bond donors (Lipinski definition) is 3. The second kappa shape index (κ2) is 6.78. The first kappa shape index (κ1) is 16.7. The van der Waals surface area contributed by atoms with Gasteiger partial charge in [0.1, 0.15) is 11.5 Å². The van der Waals surface area contributed by atoms with Crippen LogP contribution in [0.1, 0.15) is 22.8 Å². The molecule has 7 heteroatoms. The Hall–Kier alpha value is -3.12. The third kappa shape index (κ3) is 3.54. The van der Waals surface area contributed by atoms with Crippen LogP contribution in [0.4, 0.5) is 11.5 Å². The highest BCUT2D eigenvalue weighted by Gasteiger charge is 2.21. The molecule has 0 amide bonds. The zero-order valence-electron chi connectivity index (χ0n) is 13.2. The van der Waals surface area contributed by atoms with Gasteiger partial charge < -0.3 is 20.2 Å². The van der Waals surface area contributed by atoms with E-state index in [0.717, 1.165) is 0 Å². The van der Waals surface area contributed by atoms with Gasteiger partial charge >= 0.3 is 5.97 Å². The molecule has 2 aromatic heterocycles. The van der Waals surface area contributed by atoms with Gasteiger partial charge in [0, 0.05) is 16.4 Å². The van der Waals surface area contributed by atoms with Crippen molar-refractivity contribution in [2.24, 2.45) is 0 Å². The van der Waals surface area contributed by atoms with E-state index in [4.69, 9.17) is 21.4 Å². The molecule has 0 fully saturated rings. The maximum Gasteiger partial charge on any atom is 0.336 e. The molecule has 0 aliphatic heterocycles. The van der Waals surface area contributed by atoms with Gasteiger partial charge in [0.2, 0.25) is 0 Å². The molecule has 1 aromatic carbocycles. The van der Waals surface area contributed by atoms with Gasteiger partial charge in [0.15, 0.2) is 5.76 Å². The number of halogens is 1. The molecule has 3 aromatic rings. The van der Waals surface area contributed by atoms with E-state index in [1.54, 1.807) is 36.4 Å². The van der Waals surface area contributed by atoms with E-state index in [-0.39, 0.29) is 22.7 Å². The van der Waals surface area contributed by atoms with Crippen molar-refractivity contribution in [3.63, 3.8) is 0 Å². The van der Waals surface area contributed by atoms with Gasteiger partial charge in [0.05, 0.1) is 17.4 Å². The van der Waals surface area contributed by atoms with Gasteiger partial charge in [-0.2, -0.15) is 0 Å². The molecule has 25 heavy (non-hydrogen) atoms. The predicted molar refractivity (Wildman–Crippen MR) is 96.1 cm³/mol. The lowest BCUT2D eigenvalue weighted by Crippen LogP contribution is -2.12. The molecule has 0 spiro atoms. The quantitative estimate of drug-likeness (QED) is 0.569. The lowest BCUT2D eigenvalue weighted by Gasteiger charge is -2.14. The Morgan fingerprint density at radius 1 is 1.28 bits per heavy atom. The summed E-state index contributed by atoms with van der Waals surface area (Å²) in [7, 11) is 0. The third-order valence-corrected chi connectivity index (χ3v) is 3.72. The normalized spacial score (nSPS) is 10.5. The number of pyridine rings is 1. The number of furan rings is 1. The Bertz CT molecular complexity index is 952. The second-order valence-electron chi connectivity index (χ2n) is 5.32.